The highest BCUT2D eigenvalue weighted by Gasteiger charge is 2.44. The topological polar surface area (TPSA) is 135 Å². The highest BCUT2D eigenvalue weighted by Crippen LogP contribution is 2.44. The highest BCUT2D eigenvalue weighted by atomic mass is 19.1. The number of nitrogens with one attached hydrogen (secondary N) is 1. The zero-order chi connectivity index (χ0) is 24.6. The molecule has 0 bridgehead atoms. The number of fused-ring (bicyclic) bond motifs is 1. The molecule has 3 N–H and O–H groups in total. The average Bonchev–Trinajstić information content (AvgIpc) is 3.22. The maximum Gasteiger partial charge on any atom is 0.355 e. The molecule has 0 radical (unpaired) electrons. The van der Waals surface area contributed by atoms with Crippen molar-refractivity contribution >= 4 is 23.5 Å². The van der Waals surface area contributed by atoms with Crippen LogP contribution in [-0.2, 0) is 25.6 Å². The molecule has 34 heavy (non-hydrogen) atoms. The van der Waals surface area contributed by atoms with Crippen LogP contribution in [0.25, 0.3) is 0 Å². The molecule has 1 unspecified atom stereocenters. The maximum absolute atomic E-state index is 14.6. The number of carbonyl (C=O) groups excluding carboxylic acids is 3. The Morgan fingerprint density at radius 2 is 1.85 bits per heavy atom. The minimum absolute atomic E-state index is 0.0203. The monoisotopic (exact) mass is 462 g/mol. The van der Waals surface area contributed by atoms with E-state index in [9.17, 15) is 24.0 Å². The summed E-state index contributed by atoms with van der Waals surface area (Å²) in [5.41, 5.74) is 6.73. The van der Waals surface area contributed by atoms with Gasteiger partial charge in [0.15, 0.2) is 0 Å². The molecule has 10 heteroatoms. The number of amides is 1. The number of esters is 2. The van der Waals surface area contributed by atoms with Crippen LogP contribution >= 0.6 is 0 Å². The lowest BCUT2D eigenvalue weighted by Gasteiger charge is -2.36. The predicted molar refractivity (Wildman–Crippen MR) is 117 cm³/mol. The van der Waals surface area contributed by atoms with E-state index in [0.29, 0.717) is 11.1 Å². The van der Waals surface area contributed by atoms with Gasteiger partial charge in [-0.3, -0.25) is 9.69 Å². The van der Waals surface area contributed by atoms with Crippen LogP contribution in [-0.4, -0.2) is 32.1 Å². The van der Waals surface area contributed by atoms with Crippen LogP contribution in [0.2, 0.25) is 0 Å². The Hall–Kier alpha value is -4.65. The number of benzene rings is 2. The van der Waals surface area contributed by atoms with E-state index in [1.165, 1.54) is 0 Å². The summed E-state index contributed by atoms with van der Waals surface area (Å²) >= 11 is 0. The molecule has 2 heterocycles. The molecule has 2 aromatic carbocycles. The third-order valence-electron chi connectivity index (χ3n) is 5.71. The third-order valence-corrected chi connectivity index (χ3v) is 5.71. The van der Waals surface area contributed by atoms with Gasteiger partial charge in [0.1, 0.15) is 17.3 Å². The Labute approximate surface area is 193 Å². The van der Waals surface area contributed by atoms with E-state index in [0.717, 1.165) is 31.3 Å². The molecule has 2 aliphatic heterocycles. The fourth-order valence-electron chi connectivity index (χ4n) is 4.24. The van der Waals surface area contributed by atoms with Crippen molar-refractivity contribution in [2.24, 2.45) is 5.73 Å². The van der Waals surface area contributed by atoms with Crippen molar-refractivity contribution in [3.63, 3.8) is 0 Å². The fourth-order valence-corrected chi connectivity index (χ4v) is 4.24. The molecule has 9 nitrogen and oxygen atoms in total. The van der Waals surface area contributed by atoms with E-state index in [4.69, 9.17) is 15.2 Å². The predicted octanol–water partition coefficient (Wildman–Crippen LogP) is 1.97. The summed E-state index contributed by atoms with van der Waals surface area (Å²) in [6.07, 6.45) is 0. The summed E-state index contributed by atoms with van der Waals surface area (Å²) < 4.78 is 24.5. The Morgan fingerprint density at radius 3 is 2.47 bits per heavy atom. The van der Waals surface area contributed by atoms with Crippen molar-refractivity contribution in [2.75, 3.05) is 19.1 Å². The number of anilines is 1. The van der Waals surface area contributed by atoms with Crippen molar-refractivity contribution in [1.29, 1.82) is 5.26 Å². The molecule has 0 spiro atoms. The van der Waals surface area contributed by atoms with Gasteiger partial charge in [-0.05, 0) is 17.7 Å². The van der Waals surface area contributed by atoms with Crippen molar-refractivity contribution in [3.8, 4) is 6.07 Å². The van der Waals surface area contributed by atoms with E-state index in [-0.39, 0.29) is 40.5 Å². The third kappa shape index (κ3) is 3.44. The lowest BCUT2D eigenvalue weighted by Crippen LogP contribution is -2.41. The standard InChI is InChI=1S/C24H19FN4O5/c1-33-23(31)19-18(12-6-4-3-5-7-12)15(10-26)21(27)29(20(19)24(32)34-2)17-9-13(25)8-14-16(17)11-28-22(14)30/h3-9,18H,11,27H2,1-2H3,(H,28,30). The first-order valence-corrected chi connectivity index (χ1v) is 10.1. The number of nitriles is 1. The number of nitrogens with two attached hydrogens (primary N) is 1. The second-order valence-corrected chi connectivity index (χ2v) is 7.47. The van der Waals surface area contributed by atoms with E-state index in [2.05, 4.69) is 5.32 Å². The van der Waals surface area contributed by atoms with Crippen LogP contribution in [0.15, 0.2) is 65.1 Å². The van der Waals surface area contributed by atoms with E-state index >= 15 is 0 Å². The van der Waals surface area contributed by atoms with Crippen LogP contribution in [0, 0.1) is 17.1 Å². The molecular weight excluding hydrogens is 443 g/mol. The van der Waals surface area contributed by atoms with Crippen LogP contribution in [0.1, 0.15) is 27.4 Å². The maximum atomic E-state index is 14.6. The van der Waals surface area contributed by atoms with Crippen molar-refractivity contribution in [1.82, 2.24) is 5.32 Å². The van der Waals surface area contributed by atoms with Gasteiger partial charge in [0, 0.05) is 17.7 Å². The second-order valence-electron chi connectivity index (χ2n) is 7.47. The SMILES string of the molecule is COC(=O)C1=C(C(=O)OC)N(c2cc(F)cc3c2CNC3=O)C(N)=C(C#N)C1c1ccccc1. The van der Waals surface area contributed by atoms with Gasteiger partial charge in [0.25, 0.3) is 5.91 Å². The van der Waals surface area contributed by atoms with Gasteiger partial charge in [-0.25, -0.2) is 14.0 Å². The summed E-state index contributed by atoms with van der Waals surface area (Å²) in [6, 6.07) is 12.7. The number of ether oxygens (including phenoxy) is 2. The first kappa shape index (κ1) is 22.5. The van der Waals surface area contributed by atoms with Gasteiger partial charge in [0.05, 0.1) is 43.0 Å². The smallest absolute Gasteiger partial charge is 0.355 e. The van der Waals surface area contributed by atoms with Crippen LogP contribution < -0.4 is 16.0 Å². The summed E-state index contributed by atoms with van der Waals surface area (Å²) in [6.45, 7) is 0.0274. The summed E-state index contributed by atoms with van der Waals surface area (Å²) in [4.78, 5) is 39.4. The molecule has 172 valence electrons. The number of carbonyl (C=O) groups is 3. The zero-order valence-electron chi connectivity index (χ0n) is 18.2. The molecule has 0 saturated heterocycles. The van der Waals surface area contributed by atoms with E-state index < -0.39 is 29.6 Å². The summed E-state index contributed by atoms with van der Waals surface area (Å²) in [7, 11) is 2.24. The van der Waals surface area contributed by atoms with Crippen LogP contribution in [0.3, 0.4) is 0 Å². The molecule has 0 fully saturated rings. The highest BCUT2D eigenvalue weighted by molar-refractivity contribution is 6.07. The number of halogens is 1. The molecule has 0 aromatic heterocycles. The molecular formula is C24H19FN4O5. The van der Waals surface area contributed by atoms with Gasteiger partial charge in [0.2, 0.25) is 0 Å². The van der Waals surface area contributed by atoms with Gasteiger partial charge >= 0.3 is 11.9 Å². The minimum atomic E-state index is -1.05. The Kier molecular flexibility index (Phi) is 5.77. The van der Waals surface area contributed by atoms with Gasteiger partial charge in [-0.15, -0.1) is 0 Å². The molecule has 2 aliphatic rings. The summed E-state index contributed by atoms with van der Waals surface area (Å²) in [5, 5.41) is 12.6. The Bertz CT molecular complexity index is 1330. The molecule has 0 saturated carbocycles. The lowest BCUT2D eigenvalue weighted by atomic mass is 9.80. The van der Waals surface area contributed by atoms with E-state index in [1.807, 2.05) is 6.07 Å². The number of allylic oxidation sites excluding steroid dienone is 1. The number of nitrogens with zero attached hydrogens (tertiary/aromatic N) is 2. The van der Waals surface area contributed by atoms with Crippen molar-refractivity contribution in [3.05, 3.63) is 87.6 Å². The largest absolute Gasteiger partial charge is 0.466 e. The van der Waals surface area contributed by atoms with Crippen molar-refractivity contribution < 1.29 is 28.2 Å². The average molecular weight is 462 g/mol. The number of hydrogen-bond acceptors (Lipinski definition) is 8. The molecule has 1 amide bonds. The van der Waals surface area contributed by atoms with E-state index in [1.54, 1.807) is 30.3 Å². The van der Waals surface area contributed by atoms with Gasteiger partial charge in [-0.2, -0.15) is 5.26 Å². The first-order valence-electron chi connectivity index (χ1n) is 10.1. The summed E-state index contributed by atoms with van der Waals surface area (Å²) in [5.74, 6) is -4.40. The molecule has 4 rings (SSSR count). The van der Waals surface area contributed by atoms with Gasteiger partial charge in [-0.1, -0.05) is 30.3 Å². The lowest BCUT2D eigenvalue weighted by molar-refractivity contribution is -0.139. The quantitative estimate of drug-likeness (QED) is 0.659. The molecule has 1 atom stereocenters. The first-order chi connectivity index (χ1) is 16.3. The molecule has 0 aliphatic carbocycles. The zero-order valence-corrected chi connectivity index (χ0v) is 18.2. The van der Waals surface area contributed by atoms with Gasteiger partial charge < -0.3 is 20.5 Å². The van der Waals surface area contributed by atoms with Crippen LogP contribution in [0.4, 0.5) is 10.1 Å². The molecule has 2 aromatic rings. The fraction of sp³-hybridized carbons (Fsp3) is 0.167. The van der Waals surface area contributed by atoms with Crippen molar-refractivity contribution in [2.45, 2.75) is 12.5 Å². The van der Waals surface area contributed by atoms with Crippen LogP contribution in [0.5, 0.6) is 0 Å². The Morgan fingerprint density at radius 1 is 1.18 bits per heavy atom. The number of rotatable bonds is 4. The second kappa shape index (κ2) is 8.71. The number of hydrogen-bond donors (Lipinski definition) is 2. The normalized spacial score (nSPS) is 17.2. The number of methoxy groups -OCH3 is 2. The minimum Gasteiger partial charge on any atom is -0.466 e. The Balaban J connectivity index is 2.11.